The van der Waals surface area contributed by atoms with Gasteiger partial charge in [-0.25, -0.2) is 15.0 Å². The lowest BCUT2D eigenvalue weighted by atomic mass is 9.95. The number of rotatable bonds is 8. The smallest absolute Gasteiger partial charge is 0.164 e. The van der Waals surface area contributed by atoms with Crippen molar-refractivity contribution >= 4 is 60.7 Å². The molecule has 3 heterocycles. The van der Waals surface area contributed by atoms with E-state index in [9.17, 15) is 0 Å². The number of fused-ring (bicyclic) bond motifs is 7. The zero-order valence-electron chi connectivity index (χ0n) is 32.4. The number of hydrogen-bond donors (Lipinski definition) is 0. The summed E-state index contributed by atoms with van der Waals surface area (Å²) in [4.78, 5) is 15.8. The first-order valence-corrected chi connectivity index (χ1v) is 20.2. The Kier molecular flexibility index (Phi) is 8.44. The highest BCUT2D eigenvalue weighted by molar-refractivity contribution is 6.16. The molecule has 5 nitrogen and oxygen atoms in total. The lowest BCUT2D eigenvalue weighted by Crippen LogP contribution is -2.01. The summed E-state index contributed by atoms with van der Waals surface area (Å²) in [6.45, 7) is 2.19. The summed E-state index contributed by atoms with van der Waals surface area (Å²) in [5.74, 6) is 1.76. The Morgan fingerprint density at radius 1 is 0.424 bits per heavy atom. The summed E-state index contributed by atoms with van der Waals surface area (Å²) in [6.07, 6.45) is 6.55. The number of unbranched alkanes of at least 4 members (excludes halogenated alkanes) is 1. The molecule has 0 spiro atoms. The van der Waals surface area contributed by atoms with Crippen molar-refractivity contribution in [1.29, 1.82) is 0 Å². The maximum absolute atomic E-state index is 6.64. The normalized spacial score (nSPS) is 11.9. The molecule has 59 heavy (non-hydrogen) atoms. The summed E-state index contributed by atoms with van der Waals surface area (Å²) in [7, 11) is 0. The van der Waals surface area contributed by atoms with Crippen molar-refractivity contribution in [3.63, 3.8) is 0 Å². The van der Waals surface area contributed by atoms with Crippen LogP contribution in [0, 0.1) is 0 Å². The van der Waals surface area contributed by atoms with Gasteiger partial charge in [0.05, 0.1) is 0 Å². The fourth-order valence-corrected chi connectivity index (χ4v) is 8.28. The average molecular weight is 760 g/mol. The minimum atomic E-state index is 0.567. The molecule has 8 aromatic carbocycles. The maximum atomic E-state index is 6.64. The van der Waals surface area contributed by atoms with Gasteiger partial charge in [0.1, 0.15) is 22.3 Å². The van der Waals surface area contributed by atoms with Crippen molar-refractivity contribution in [1.82, 2.24) is 15.0 Å². The summed E-state index contributed by atoms with van der Waals surface area (Å²) in [5.41, 5.74) is 11.4. The van der Waals surface area contributed by atoms with E-state index in [1.54, 1.807) is 0 Å². The Balaban J connectivity index is 1.15. The number of hydrogen-bond acceptors (Lipinski definition) is 5. The van der Waals surface area contributed by atoms with E-state index in [1.807, 2.05) is 48.5 Å². The topological polar surface area (TPSA) is 65.0 Å². The highest BCUT2D eigenvalue weighted by Gasteiger charge is 2.21. The van der Waals surface area contributed by atoms with Gasteiger partial charge in [-0.05, 0) is 87.5 Å². The molecule has 0 bridgehead atoms. The molecule has 280 valence electrons. The van der Waals surface area contributed by atoms with Gasteiger partial charge in [-0.2, -0.15) is 0 Å². The number of aromatic nitrogens is 3. The van der Waals surface area contributed by atoms with Crippen molar-refractivity contribution in [2.24, 2.45) is 0 Å². The largest absolute Gasteiger partial charge is 0.456 e. The van der Waals surface area contributed by atoms with E-state index in [0.717, 1.165) is 106 Å². The molecule has 0 N–H and O–H groups in total. The van der Waals surface area contributed by atoms with Crippen molar-refractivity contribution in [2.75, 3.05) is 0 Å². The third-order valence-corrected chi connectivity index (χ3v) is 11.2. The van der Waals surface area contributed by atoms with Crippen LogP contribution in [0.15, 0.2) is 185 Å². The Bertz CT molecular complexity index is 3390. The van der Waals surface area contributed by atoms with E-state index >= 15 is 0 Å². The van der Waals surface area contributed by atoms with Gasteiger partial charge in [-0.1, -0.05) is 153 Å². The first-order chi connectivity index (χ1) is 29.2. The van der Waals surface area contributed by atoms with Crippen molar-refractivity contribution in [2.45, 2.75) is 19.8 Å². The molecule has 0 saturated carbocycles. The van der Waals surface area contributed by atoms with E-state index in [4.69, 9.17) is 23.8 Å². The number of nitrogens with zero attached hydrogens (tertiary/aromatic N) is 3. The van der Waals surface area contributed by atoms with Crippen molar-refractivity contribution < 1.29 is 8.83 Å². The van der Waals surface area contributed by atoms with E-state index in [1.165, 1.54) is 5.56 Å². The zero-order valence-corrected chi connectivity index (χ0v) is 32.4. The van der Waals surface area contributed by atoms with Crippen molar-refractivity contribution in [3.8, 4) is 56.4 Å². The molecule has 0 radical (unpaired) electrons. The van der Waals surface area contributed by atoms with Crippen LogP contribution in [-0.4, -0.2) is 15.0 Å². The van der Waals surface area contributed by atoms with Crippen LogP contribution < -0.4 is 0 Å². The molecule has 11 rings (SSSR count). The minimum Gasteiger partial charge on any atom is -0.456 e. The quantitative estimate of drug-likeness (QED) is 0.154. The molecular weight excluding hydrogens is 723 g/mol. The summed E-state index contributed by atoms with van der Waals surface area (Å²) in [5, 5.41) is 6.34. The van der Waals surface area contributed by atoms with Gasteiger partial charge in [-0.15, -0.1) is 0 Å². The molecule has 0 atom stereocenters. The second kappa shape index (κ2) is 14.4. The highest BCUT2D eigenvalue weighted by atomic mass is 16.3. The third kappa shape index (κ3) is 6.25. The fraction of sp³-hybridized carbons (Fsp3) is 0.0556. The highest BCUT2D eigenvalue weighted by Crippen LogP contribution is 2.43. The number of benzene rings is 8. The SMILES string of the molecule is CCC/C=C\c1ccc(-c2nc(-c3ccc4ccc(-c5ccccc5)cc4c3)nc(-c3cc(-c4cccc5oc6ccccc6c45)cc4oc5ccccc5c34)n2)cc1. The summed E-state index contributed by atoms with van der Waals surface area (Å²) >= 11 is 0. The molecule has 0 unspecified atom stereocenters. The predicted molar refractivity (Wildman–Crippen MR) is 243 cm³/mol. The van der Waals surface area contributed by atoms with Crippen LogP contribution >= 0.6 is 0 Å². The molecular formula is C54H37N3O2. The van der Waals surface area contributed by atoms with Gasteiger partial charge in [0.15, 0.2) is 17.5 Å². The molecule has 0 saturated heterocycles. The van der Waals surface area contributed by atoms with Crippen LogP contribution in [0.4, 0.5) is 0 Å². The van der Waals surface area contributed by atoms with E-state index in [0.29, 0.717) is 17.5 Å². The van der Waals surface area contributed by atoms with Crippen LogP contribution in [0.25, 0.3) is 117 Å². The van der Waals surface area contributed by atoms with Crippen LogP contribution in [0.2, 0.25) is 0 Å². The Morgan fingerprint density at radius 3 is 1.80 bits per heavy atom. The Hall–Kier alpha value is -7.63. The van der Waals surface area contributed by atoms with Crippen LogP contribution in [0.3, 0.4) is 0 Å². The lowest BCUT2D eigenvalue weighted by molar-refractivity contribution is 0.668. The van der Waals surface area contributed by atoms with E-state index in [2.05, 4.69) is 140 Å². The van der Waals surface area contributed by atoms with Gasteiger partial charge in [0.25, 0.3) is 0 Å². The third-order valence-electron chi connectivity index (χ3n) is 11.2. The molecule has 0 aliphatic rings. The monoisotopic (exact) mass is 759 g/mol. The van der Waals surface area contributed by atoms with Gasteiger partial charge >= 0.3 is 0 Å². The van der Waals surface area contributed by atoms with E-state index in [-0.39, 0.29) is 0 Å². The number of para-hydroxylation sites is 2. The Morgan fingerprint density at radius 2 is 1.03 bits per heavy atom. The second-order valence-corrected chi connectivity index (χ2v) is 15.0. The molecule has 0 fully saturated rings. The van der Waals surface area contributed by atoms with Gasteiger partial charge in [0, 0.05) is 38.2 Å². The maximum Gasteiger partial charge on any atom is 0.164 e. The van der Waals surface area contributed by atoms with Crippen molar-refractivity contribution in [3.05, 3.63) is 181 Å². The zero-order chi connectivity index (χ0) is 39.3. The Labute approximate surface area is 341 Å². The first-order valence-electron chi connectivity index (χ1n) is 20.2. The number of allylic oxidation sites excluding steroid dienone is 1. The fourth-order valence-electron chi connectivity index (χ4n) is 8.28. The molecule has 5 heteroatoms. The van der Waals surface area contributed by atoms with Crippen LogP contribution in [-0.2, 0) is 0 Å². The minimum absolute atomic E-state index is 0.567. The van der Waals surface area contributed by atoms with Gasteiger partial charge < -0.3 is 8.83 Å². The standard InChI is InChI=1S/C54H37N3O2/c1-2-3-5-13-34-22-24-37(25-23-34)52-55-53(39-29-27-36-26-28-38(30-40(36)31-39)35-14-6-4-7-15-35)57-54(56-52)45-32-41(33-49-51(45)44-17-9-11-20-47(44)59-49)42-18-12-21-48-50(42)43-16-8-10-19-46(43)58-48/h4-33H,2-3H2,1H3/b13-5-. The second-order valence-electron chi connectivity index (χ2n) is 15.0. The molecule has 0 amide bonds. The van der Waals surface area contributed by atoms with Gasteiger partial charge in [0.2, 0.25) is 0 Å². The predicted octanol–water partition coefficient (Wildman–Crippen LogP) is 15.0. The lowest BCUT2D eigenvalue weighted by Gasteiger charge is -2.12. The van der Waals surface area contributed by atoms with Crippen LogP contribution in [0.5, 0.6) is 0 Å². The first kappa shape index (κ1) is 34.6. The van der Waals surface area contributed by atoms with E-state index < -0.39 is 0 Å². The molecule has 0 aliphatic heterocycles. The number of furan rings is 2. The average Bonchev–Trinajstić information content (AvgIpc) is 3.87. The molecule has 11 aromatic rings. The molecule has 3 aromatic heterocycles. The summed E-state index contributed by atoms with van der Waals surface area (Å²) < 4.78 is 13.0. The van der Waals surface area contributed by atoms with Gasteiger partial charge in [-0.3, -0.25) is 0 Å². The molecule has 0 aliphatic carbocycles. The summed E-state index contributed by atoms with van der Waals surface area (Å²) in [6, 6.07) is 58.9. The van der Waals surface area contributed by atoms with Crippen LogP contribution in [0.1, 0.15) is 25.3 Å².